The molecule has 0 radical (unpaired) electrons. The van der Waals surface area contributed by atoms with Crippen molar-refractivity contribution < 1.29 is 9.53 Å². The summed E-state index contributed by atoms with van der Waals surface area (Å²) in [5, 5.41) is 12.5. The van der Waals surface area contributed by atoms with E-state index < -0.39 is 0 Å². The lowest BCUT2D eigenvalue weighted by atomic mass is 9.89. The van der Waals surface area contributed by atoms with Crippen LogP contribution in [-0.2, 0) is 17.6 Å². The van der Waals surface area contributed by atoms with Gasteiger partial charge < -0.3 is 14.8 Å². The van der Waals surface area contributed by atoms with Gasteiger partial charge in [0.1, 0.15) is 29.0 Å². The van der Waals surface area contributed by atoms with Crippen molar-refractivity contribution in [3.63, 3.8) is 0 Å². The zero-order valence-corrected chi connectivity index (χ0v) is 15.5. The van der Waals surface area contributed by atoms with E-state index in [0.29, 0.717) is 5.75 Å². The normalized spacial score (nSPS) is 16.4. The number of carbonyl (C=O) groups excluding carboxylic acids is 1. The Kier molecular flexibility index (Phi) is 3.78. The third kappa shape index (κ3) is 2.64. The first-order valence-electron chi connectivity index (χ1n) is 8.75. The molecule has 0 spiro atoms. The summed E-state index contributed by atoms with van der Waals surface area (Å²) in [5.41, 5.74) is 3.01. The van der Waals surface area contributed by atoms with Crippen LogP contribution in [0.25, 0.3) is 21.1 Å². The Morgan fingerprint density at radius 3 is 3.15 bits per heavy atom. The van der Waals surface area contributed by atoms with E-state index in [9.17, 15) is 4.79 Å². The van der Waals surface area contributed by atoms with Crippen LogP contribution >= 0.6 is 11.3 Å². The molecule has 1 aliphatic rings. The molecule has 0 aliphatic heterocycles. The Labute approximate surface area is 158 Å². The molecule has 3 aromatic heterocycles. The fourth-order valence-corrected chi connectivity index (χ4v) is 4.99. The fraction of sp³-hybridized carbons (Fsp3) is 0.263. The second-order valence-electron chi connectivity index (χ2n) is 6.68. The number of nitrogens with zero attached hydrogens (tertiary/aromatic N) is 3. The van der Waals surface area contributed by atoms with Gasteiger partial charge in [-0.15, -0.1) is 11.3 Å². The molecule has 1 aromatic carbocycles. The number of thiophene rings is 1. The maximum atomic E-state index is 11.2. The van der Waals surface area contributed by atoms with Crippen molar-refractivity contribution in [1.29, 1.82) is 0 Å². The van der Waals surface area contributed by atoms with Crippen LogP contribution < -0.4 is 10.1 Å². The smallest absolute Gasteiger partial charge is 0.144 e. The van der Waals surface area contributed by atoms with Gasteiger partial charge in [-0.2, -0.15) is 5.10 Å². The molecule has 0 bridgehead atoms. The summed E-state index contributed by atoms with van der Waals surface area (Å²) in [7, 11) is 1.64. The molecule has 1 atom stereocenters. The summed E-state index contributed by atoms with van der Waals surface area (Å²) < 4.78 is 5.54. The van der Waals surface area contributed by atoms with E-state index in [0.717, 1.165) is 58.2 Å². The van der Waals surface area contributed by atoms with Crippen LogP contribution in [0.5, 0.6) is 5.75 Å². The monoisotopic (exact) mass is 379 g/mol. The van der Waals surface area contributed by atoms with Crippen molar-refractivity contribution >= 4 is 50.2 Å². The molecule has 0 saturated carbocycles. The van der Waals surface area contributed by atoms with E-state index in [1.54, 1.807) is 31.0 Å². The minimum Gasteiger partial charge on any atom is -0.494 e. The first-order chi connectivity index (χ1) is 13.3. The average Bonchev–Trinajstić information content (AvgIpc) is 3.30. The Hall–Kier alpha value is -3.00. The zero-order valence-electron chi connectivity index (χ0n) is 14.7. The molecule has 1 aliphatic carbocycles. The van der Waals surface area contributed by atoms with Gasteiger partial charge in [0.15, 0.2) is 0 Å². The summed E-state index contributed by atoms with van der Waals surface area (Å²) in [6.45, 7) is 0. The van der Waals surface area contributed by atoms with Gasteiger partial charge in [0.2, 0.25) is 0 Å². The van der Waals surface area contributed by atoms with E-state index in [1.165, 1.54) is 10.4 Å². The van der Waals surface area contributed by atoms with E-state index in [-0.39, 0.29) is 5.92 Å². The van der Waals surface area contributed by atoms with Gasteiger partial charge in [-0.05, 0) is 30.9 Å². The number of rotatable bonds is 4. The number of ether oxygens (including phenoxy) is 1. The van der Waals surface area contributed by atoms with Crippen LogP contribution in [0, 0.1) is 5.92 Å². The molecule has 7 nitrogen and oxygen atoms in total. The summed E-state index contributed by atoms with van der Waals surface area (Å²) in [5.74, 6) is 1.59. The van der Waals surface area contributed by atoms with Crippen molar-refractivity contribution in [3.05, 3.63) is 35.1 Å². The zero-order chi connectivity index (χ0) is 18.4. The largest absolute Gasteiger partial charge is 0.494 e. The second kappa shape index (κ2) is 6.31. The van der Waals surface area contributed by atoms with E-state index >= 15 is 0 Å². The summed E-state index contributed by atoms with van der Waals surface area (Å²) in [6.07, 6.45) is 6.97. The Morgan fingerprint density at radius 2 is 2.30 bits per heavy atom. The third-order valence-corrected chi connectivity index (χ3v) is 6.25. The molecule has 0 fully saturated rings. The Bertz CT molecular complexity index is 1170. The van der Waals surface area contributed by atoms with Gasteiger partial charge in [-0.1, -0.05) is 0 Å². The SMILES string of the molecule is COc1cc2[nH]ncc2cc1Nc1ncnc2sc3c(c12)CC[C@H](C=O)C3. The second-order valence-corrected chi connectivity index (χ2v) is 7.76. The number of benzene rings is 1. The van der Waals surface area contributed by atoms with Crippen molar-refractivity contribution in [2.24, 2.45) is 5.92 Å². The number of anilines is 2. The van der Waals surface area contributed by atoms with Gasteiger partial charge in [0.05, 0.1) is 29.9 Å². The lowest BCUT2D eigenvalue weighted by Crippen LogP contribution is -2.13. The number of aromatic nitrogens is 4. The number of methoxy groups -OCH3 is 1. The molecular weight excluding hydrogens is 362 g/mol. The number of aromatic amines is 1. The number of H-pyrrole nitrogens is 1. The van der Waals surface area contributed by atoms with Crippen LogP contribution in [0.3, 0.4) is 0 Å². The van der Waals surface area contributed by atoms with Crippen LogP contribution in [0.15, 0.2) is 24.7 Å². The van der Waals surface area contributed by atoms with Crippen molar-refractivity contribution in [2.75, 3.05) is 12.4 Å². The van der Waals surface area contributed by atoms with Crippen LogP contribution in [0.2, 0.25) is 0 Å². The molecule has 136 valence electrons. The van der Waals surface area contributed by atoms with Crippen molar-refractivity contribution in [2.45, 2.75) is 19.3 Å². The summed E-state index contributed by atoms with van der Waals surface area (Å²) >= 11 is 1.66. The maximum absolute atomic E-state index is 11.2. The van der Waals surface area contributed by atoms with E-state index in [4.69, 9.17) is 4.74 Å². The minimum absolute atomic E-state index is 0.110. The predicted octanol–water partition coefficient (Wildman–Crippen LogP) is 3.62. The fourth-order valence-electron chi connectivity index (χ4n) is 3.71. The molecule has 0 saturated heterocycles. The number of nitrogens with one attached hydrogen (secondary N) is 2. The first kappa shape index (κ1) is 16.2. The lowest BCUT2D eigenvalue weighted by molar-refractivity contribution is -0.111. The number of carbonyl (C=O) groups is 1. The van der Waals surface area contributed by atoms with Gasteiger partial charge in [0.25, 0.3) is 0 Å². The molecule has 0 unspecified atom stereocenters. The summed E-state index contributed by atoms with van der Waals surface area (Å²) in [6, 6.07) is 3.91. The molecule has 4 aromatic rings. The Morgan fingerprint density at radius 1 is 1.37 bits per heavy atom. The van der Waals surface area contributed by atoms with Crippen molar-refractivity contribution in [1.82, 2.24) is 20.2 Å². The molecule has 3 heterocycles. The number of fused-ring (bicyclic) bond motifs is 4. The number of aldehydes is 1. The van der Waals surface area contributed by atoms with Crippen LogP contribution in [-0.4, -0.2) is 33.6 Å². The number of hydrogen-bond acceptors (Lipinski definition) is 7. The highest BCUT2D eigenvalue weighted by atomic mass is 32.1. The molecule has 0 amide bonds. The molecule has 5 rings (SSSR count). The van der Waals surface area contributed by atoms with Gasteiger partial charge in [-0.25, -0.2) is 9.97 Å². The standard InChI is InChI=1S/C19H17N5O2S/c1-26-15-6-13-11(7-22-24-13)5-14(15)23-18-17-12-3-2-10(8-25)4-16(12)27-19(17)21-9-20-18/h5-10H,2-4H2,1H3,(H,22,24)(H,20,21,23)/t10-/m0/s1. The van der Waals surface area contributed by atoms with E-state index in [2.05, 4.69) is 25.5 Å². The molecule has 27 heavy (non-hydrogen) atoms. The third-order valence-electron chi connectivity index (χ3n) is 5.09. The highest BCUT2D eigenvalue weighted by Crippen LogP contribution is 2.41. The average molecular weight is 379 g/mol. The summed E-state index contributed by atoms with van der Waals surface area (Å²) in [4.78, 5) is 22.3. The quantitative estimate of drug-likeness (QED) is 0.526. The molecule has 2 N–H and O–H groups in total. The van der Waals surface area contributed by atoms with Crippen LogP contribution in [0.1, 0.15) is 16.9 Å². The molecule has 8 heteroatoms. The topological polar surface area (TPSA) is 92.8 Å². The van der Waals surface area contributed by atoms with Gasteiger partial charge in [0, 0.05) is 22.2 Å². The first-order valence-corrected chi connectivity index (χ1v) is 9.57. The maximum Gasteiger partial charge on any atom is 0.144 e. The Balaban J connectivity index is 1.62. The van der Waals surface area contributed by atoms with Gasteiger partial charge >= 0.3 is 0 Å². The molecular formula is C19H17N5O2S. The van der Waals surface area contributed by atoms with Gasteiger partial charge in [-0.3, -0.25) is 5.10 Å². The van der Waals surface area contributed by atoms with E-state index in [1.807, 2.05) is 12.1 Å². The number of aryl methyl sites for hydroxylation is 1. The van der Waals surface area contributed by atoms with Crippen LogP contribution in [0.4, 0.5) is 11.5 Å². The predicted molar refractivity (Wildman–Crippen MR) is 105 cm³/mol. The number of hydrogen-bond donors (Lipinski definition) is 2. The lowest BCUT2D eigenvalue weighted by Gasteiger charge is -2.17. The van der Waals surface area contributed by atoms with Crippen molar-refractivity contribution in [3.8, 4) is 5.75 Å². The highest BCUT2D eigenvalue weighted by molar-refractivity contribution is 7.19. The highest BCUT2D eigenvalue weighted by Gasteiger charge is 2.25. The minimum atomic E-state index is 0.110.